The average molecular weight is 326 g/mol. The molecule has 3 heterocycles. The fraction of sp³-hybridized carbons (Fsp3) is 0.500. The minimum absolute atomic E-state index is 0.0114. The Hall–Kier alpha value is -2.37. The Kier molecular flexibility index (Phi) is 3.75. The van der Waals surface area contributed by atoms with Crippen LogP contribution in [-0.4, -0.2) is 26.3 Å². The molecule has 0 saturated heterocycles. The molecule has 6 nitrogen and oxygen atoms in total. The number of aromatic nitrogens is 3. The third-order valence-electron chi connectivity index (χ3n) is 5.04. The molecule has 126 valence electrons. The van der Waals surface area contributed by atoms with Gasteiger partial charge in [0.05, 0.1) is 0 Å². The topological polar surface area (TPSA) is 60.1 Å². The maximum atomic E-state index is 12.8. The SMILES string of the molecule is CC1Cc2ccccc2N1C(=O)Cn1nc2n(c1=O)CCCCC2. The van der Waals surface area contributed by atoms with E-state index in [2.05, 4.69) is 11.2 Å². The van der Waals surface area contributed by atoms with Gasteiger partial charge in [0.15, 0.2) is 0 Å². The van der Waals surface area contributed by atoms with Crippen molar-refractivity contribution in [1.29, 1.82) is 0 Å². The molecule has 1 aromatic carbocycles. The summed E-state index contributed by atoms with van der Waals surface area (Å²) in [5.74, 6) is 0.753. The van der Waals surface area contributed by atoms with Crippen LogP contribution in [0.1, 0.15) is 37.6 Å². The van der Waals surface area contributed by atoms with E-state index in [0.29, 0.717) is 6.54 Å². The molecule has 6 heteroatoms. The first-order valence-corrected chi connectivity index (χ1v) is 8.71. The first-order valence-electron chi connectivity index (χ1n) is 8.71. The highest BCUT2D eigenvalue weighted by molar-refractivity contribution is 5.95. The minimum atomic E-state index is -0.152. The standard InChI is InChI=1S/C18H22N4O2/c1-13-11-14-7-4-5-8-15(14)22(13)17(23)12-21-18(24)20-10-6-2-3-9-16(20)19-21/h4-5,7-8,13H,2-3,6,9-12H2,1H3. The number of rotatable bonds is 2. The largest absolute Gasteiger partial charge is 0.346 e. The molecule has 1 aromatic heterocycles. The highest BCUT2D eigenvalue weighted by Gasteiger charge is 2.31. The zero-order valence-electron chi connectivity index (χ0n) is 13.9. The van der Waals surface area contributed by atoms with E-state index in [4.69, 9.17) is 0 Å². The number of carbonyl (C=O) groups is 1. The highest BCUT2D eigenvalue weighted by atomic mass is 16.2. The maximum Gasteiger partial charge on any atom is 0.346 e. The number of hydrogen-bond acceptors (Lipinski definition) is 3. The van der Waals surface area contributed by atoms with Gasteiger partial charge in [0.1, 0.15) is 12.4 Å². The Morgan fingerprint density at radius 1 is 1.25 bits per heavy atom. The number of aryl methyl sites for hydroxylation is 1. The van der Waals surface area contributed by atoms with Crippen molar-refractivity contribution in [2.24, 2.45) is 0 Å². The number of hydrogen-bond donors (Lipinski definition) is 0. The third kappa shape index (κ3) is 2.46. The fourth-order valence-electron chi connectivity index (χ4n) is 3.88. The lowest BCUT2D eigenvalue weighted by atomic mass is 10.1. The summed E-state index contributed by atoms with van der Waals surface area (Å²) in [4.78, 5) is 27.2. The molecule has 0 radical (unpaired) electrons. The monoisotopic (exact) mass is 326 g/mol. The Morgan fingerprint density at radius 3 is 2.96 bits per heavy atom. The van der Waals surface area contributed by atoms with Crippen molar-refractivity contribution in [2.45, 2.75) is 58.2 Å². The van der Waals surface area contributed by atoms with Crippen LogP contribution in [0.15, 0.2) is 29.1 Å². The van der Waals surface area contributed by atoms with Gasteiger partial charge in [-0.1, -0.05) is 24.6 Å². The number of carbonyl (C=O) groups excluding carboxylic acids is 1. The molecule has 24 heavy (non-hydrogen) atoms. The second kappa shape index (κ2) is 5.92. The van der Waals surface area contributed by atoms with Gasteiger partial charge in [0, 0.05) is 24.7 Å². The molecule has 0 bridgehead atoms. The molecular weight excluding hydrogens is 304 g/mol. The van der Waals surface area contributed by atoms with E-state index in [1.54, 1.807) is 4.57 Å². The van der Waals surface area contributed by atoms with Crippen LogP contribution in [0.2, 0.25) is 0 Å². The summed E-state index contributed by atoms with van der Waals surface area (Å²) in [6.45, 7) is 2.77. The van der Waals surface area contributed by atoms with Crippen LogP contribution >= 0.6 is 0 Å². The first kappa shape index (κ1) is 15.2. The van der Waals surface area contributed by atoms with Crippen LogP contribution < -0.4 is 10.6 Å². The maximum absolute atomic E-state index is 12.8. The summed E-state index contributed by atoms with van der Waals surface area (Å²) in [5, 5.41) is 4.42. The molecule has 0 saturated carbocycles. The molecule has 2 aromatic rings. The van der Waals surface area contributed by atoms with E-state index in [1.807, 2.05) is 30.0 Å². The number of nitrogens with zero attached hydrogens (tertiary/aromatic N) is 4. The van der Waals surface area contributed by atoms with E-state index in [9.17, 15) is 9.59 Å². The smallest absolute Gasteiger partial charge is 0.307 e. The second-order valence-corrected chi connectivity index (χ2v) is 6.76. The van der Waals surface area contributed by atoms with Gasteiger partial charge in [0.25, 0.3) is 0 Å². The molecule has 0 spiro atoms. The number of anilines is 1. The third-order valence-corrected chi connectivity index (χ3v) is 5.04. The van der Waals surface area contributed by atoms with Crippen LogP contribution in [0.25, 0.3) is 0 Å². The van der Waals surface area contributed by atoms with E-state index in [0.717, 1.165) is 43.6 Å². The zero-order valence-corrected chi connectivity index (χ0v) is 13.9. The summed E-state index contributed by atoms with van der Waals surface area (Å²) in [6.07, 6.45) is 4.86. The Morgan fingerprint density at radius 2 is 2.08 bits per heavy atom. The van der Waals surface area contributed by atoms with Crippen molar-refractivity contribution in [3.63, 3.8) is 0 Å². The number of benzene rings is 1. The lowest BCUT2D eigenvalue weighted by molar-refractivity contribution is -0.119. The Balaban J connectivity index is 1.60. The van der Waals surface area contributed by atoms with Gasteiger partial charge < -0.3 is 4.90 Å². The molecule has 0 fully saturated rings. The van der Waals surface area contributed by atoms with Gasteiger partial charge in [-0.05, 0) is 37.8 Å². The highest BCUT2D eigenvalue weighted by Crippen LogP contribution is 2.31. The quantitative estimate of drug-likeness (QED) is 0.845. The van der Waals surface area contributed by atoms with E-state index < -0.39 is 0 Å². The number of fused-ring (bicyclic) bond motifs is 2. The summed E-state index contributed by atoms with van der Waals surface area (Å²) in [5.41, 5.74) is 2.00. The zero-order chi connectivity index (χ0) is 16.7. The predicted octanol–water partition coefficient (Wildman–Crippen LogP) is 1.75. The first-order chi connectivity index (χ1) is 11.6. The molecule has 2 aliphatic heterocycles. The summed E-state index contributed by atoms with van der Waals surface area (Å²) >= 11 is 0. The average Bonchev–Trinajstić information content (AvgIpc) is 2.93. The number of para-hydroxylation sites is 1. The molecule has 2 aliphatic rings. The Bertz CT molecular complexity index is 836. The van der Waals surface area contributed by atoms with Crippen LogP contribution in [-0.2, 0) is 30.7 Å². The molecule has 1 amide bonds. The lowest BCUT2D eigenvalue weighted by Crippen LogP contribution is -2.40. The van der Waals surface area contributed by atoms with Gasteiger partial charge >= 0.3 is 5.69 Å². The van der Waals surface area contributed by atoms with Gasteiger partial charge in [-0.15, -0.1) is 0 Å². The van der Waals surface area contributed by atoms with Crippen molar-refractivity contribution in [3.05, 3.63) is 46.1 Å². The van der Waals surface area contributed by atoms with Crippen LogP contribution in [0.4, 0.5) is 5.69 Å². The van der Waals surface area contributed by atoms with Crippen LogP contribution in [0.3, 0.4) is 0 Å². The van der Waals surface area contributed by atoms with Gasteiger partial charge in [0.2, 0.25) is 5.91 Å². The summed E-state index contributed by atoms with van der Waals surface area (Å²) < 4.78 is 3.08. The lowest BCUT2D eigenvalue weighted by Gasteiger charge is -2.22. The van der Waals surface area contributed by atoms with Crippen LogP contribution in [0, 0.1) is 0 Å². The minimum Gasteiger partial charge on any atom is -0.307 e. The molecule has 0 N–H and O–H groups in total. The Labute approximate surface area is 140 Å². The number of amides is 1. The van der Waals surface area contributed by atoms with E-state index >= 15 is 0 Å². The van der Waals surface area contributed by atoms with Gasteiger partial charge in [-0.3, -0.25) is 9.36 Å². The van der Waals surface area contributed by atoms with E-state index in [1.165, 1.54) is 10.2 Å². The second-order valence-electron chi connectivity index (χ2n) is 6.76. The van der Waals surface area contributed by atoms with Crippen LogP contribution in [0.5, 0.6) is 0 Å². The van der Waals surface area contributed by atoms with E-state index in [-0.39, 0.29) is 24.2 Å². The molecule has 1 unspecified atom stereocenters. The molecule has 1 atom stereocenters. The predicted molar refractivity (Wildman–Crippen MR) is 91.1 cm³/mol. The molecular formula is C18H22N4O2. The van der Waals surface area contributed by atoms with Crippen molar-refractivity contribution in [3.8, 4) is 0 Å². The fourth-order valence-corrected chi connectivity index (χ4v) is 3.88. The van der Waals surface area contributed by atoms with Crippen molar-refractivity contribution >= 4 is 11.6 Å². The summed E-state index contributed by atoms with van der Waals surface area (Å²) in [7, 11) is 0. The van der Waals surface area contributed by atoms with Gasteiger partial charge in [-0.25, -0.2) is 9.48 Å². The molecule has 0 aliphatic carbocycles. The van der Waals surface area contributed by atoms with Crippen molar-refractivity contribution in [2.75, 3.05) is 4.90 Å². The van der Waals surface area contributed by atoms with Gasteiger partial charge in [-0.2, -0.15) is 5.10 Å². The van der Waals surface area contributed by atoms with Crippen molar-refractivity contribution in [1.82, 2.24) is 14.3 Å². The molecule has 4 rings (SSSR count). The normalized spacial score (nSPS) is 19.7. The van der Waals surface area contributed by atoms with Crippen molar-refractivity contribution < 1.29 is 4.79 Å². The summed E-state index contributed by atoms with van der Waals surface area (Å²) in [6, 6.07) is 8.09.